The topological polar surface area (TPSA) is 72.2 Å². The Morgan fingerprint density at radius 3 is 2.57 bits per heavy atom. The first kappa shape index (κ1) is 15.9. The van der Waals surface area contributed by atoms with Crippen LogP contribution < -0.4 is 11.1 Å². The van der Waals surface area contributed by atoms with Crippen LogP contribution in [0.2, 0.25) is 0 Å². The summed E-state index contributed by atoms with van der Waals surface area (Å²) in [6.07, 6.45) is 6.56. The molecule has 1 aromatic carbocycles. The maximum Gasteiger partial charge on any atom is 0.233 e. The van der Waals surface area contributed by atoms with Gasteiger partial charge in [0.2, 0.25) is 5.91 Å². The van der Waals surface area contributed by atoms with E-state index in [1.54, 1.807) is 0 Å². The highest BCUT2D eigenvalue weighted by molar-refractivity contribution is 7.85. The zero-order chi connectivity index (χ0) is 15.2. The zero-order valence-corrected chi connectivity index (χ0v) is 12.8. The number of nitrogen functional groups attached to an aromatic ring is 1. The Morgan fingerprint density at radius 2 is 1.95 bits per heavy atom. The van der Waals surface area contributed by atoms with Crippen molar-refractivity contribution in [3.63, 3.8) is 0 Å². The van der Waals surface area contributed by atoms with Crippen LogP contribution in [0.25, 0.3) is 0 Å². The number of nitrogens with one attached hydrogen (secondary N) is 1. The first-order valence-electron chi connectivity index (χ1n) is 7.29. The number of nitrogens with two attached hydrogens (primary N) is 1. The second-order valence-electron chi connectivity index (χ2n) is 5.44. The molecule has 1 fully saturated rings. The molecule has 1 amide bonds. The van der Waals surface area contributed by atoms with E-state index < -0.39 is 16.6 Å². The maximum atomic E-state index is 13.7. The first-order chi connectivity index (χ1) is 10.1. The molecule has 1 atom stereocenters. The van der Waals surface area contributed by atoms with Gasteiger partial charge in [0.05, 0.1) is 15.7 Å². The lowest BCUT2D eigenvalue weighted by Gasteiger charge is -2.16. The fourth-order valence-corrected chi connectivity index (χ4v) is 3.56. The van der Waals surface area contributed by atoms with Gasteiger partial charge in [0.15, 0.2) is 0 Å². The van der Waals surface area contributed by atoms with Gasteiger partial charge in [-0.3, -0.25) is 9.00 Å². The van der Waals surface area contributed by atoms with Crippen molar-refractivity contribution in [2.24, 2.45) is 0 Å². The van der Waals surface area contributed by atoms with Crippen molar-refractivity contribution in [2.75, 3.05) is 11.5 Å². The molecule has 1 saturated carbocycles. The highest BCUT2D eigenvalue weighted by Gasteiger charge is 2.18. The van der Waals surface area contributed by atoms with E-state index in [1.165, 1.54) is 25.0 Å². The number of amides is 1. The van der Waals surface area contributed by atoms with Gasteiger partial charge in [0.25, 0.3) is 0 Å². The Balaban J connectivity index is 1.90. The van der Waals surface area contributed by atoms with E-state index in [1.807, 2.05) is 0 Å². The highest BCUT2D eigenvalue weighted by Crippen LogP contribution is 2.18. The van der Waals surface area contributed by atoms with Crippen LogP contribution in [0.4, 0.5) is 10.1 Å². The predicted octanol–water partition coefficient (Wildman–Crippen LogP) is 2.35. The molecule has 1 unspecified atom stereocenters. The molecule has 0 saturated heterocycles. The molecule has 0 bridgehead atoms. The molecule has 1 aliphatic carbocycles. The van der Waals surface area contributed by atoms with E-state index in [4.69, 9.17) is 5.73 Å². The van der Waals surface area contributed by atoms with Crippen LogP contribution in [0.1, 0.15) is 38.5 Å². The molecular formula is C15H21FN2O2S. The van der Waals surface area contributed by atoms with Crippen LogP contribution >= 0.6 is 0 Å². The Morgan fingerprint density at radius 1 is 1.29 bits per heavy atom. The smallest absolute Gasteiger partial charge is 0.233 e. The van der Waals surface area contributed by atoms with E-state index in [-0.39, 0.29) is 28.3 Å². The summed E-state index contributed by atoms with van der Waals surface area (Å²) in [7, 11) is -1.68. The minimum Gasteiger partial charge on any atom is -0.399 e. The second-order valence-corrected chi connectivity index (χ2v) is 6.86. The third-order valence-corrected chi connectivity index (χ3v) is 5.03. The lowest BCUT2D eigenvalue weighted by molar-refractivity contribution is -0.119. The predicted molar refractivity (Wildman–Crippen MR) is 81.7 cm³/mol. The molecule has 0 radical (unpaired) electrons. The Labute approximate surface area is 126 Å². The second kappa shape index (κ2) is 7.54. The lowest BCUT2D eigenvalue weighted by atomic mass is 10.1. The minimum absolute atomic E-state index is 0.0280. The third-order valence-electron chi connectivity index (χ3n) is 3.68. The Kier molecular flexibility index (Phi) is 5.73. The van der Waals surface area contributed by atoms with Gasteiger partial charge in [-0.1, -0.05) is 25.7 Å². The van der Waals surface area contributed by atoms with E-state index >= 15 is 0 Å². The van der Waals surface area contributed by atoms with Crippen molar-refractivity contribution in [3.05, 3.63) is 24.0 Å². The number of hydrogen-bond donors (Lipinski definition) is 2. The van der Waals surface area contributed by atoms with E-state index in [0.717, 1.165) is 31.7 Å². The fraction of sp³-hybridized carbons (Fsp3) is 0.533. The summed E-state index contributed by atoms with van der Waals surface area (Å²) < 4.78 is 25.7. The van der Waals surface area contributed by atoms with Crippen LogP contribution in [0.3, 0.4) is 0 Å². The van der Waals surface area contributed by atoms with Crippen LogP contribution in [0.15, 0.2) is 23.1 Å². The number of carbonyl (C=O) groups excluding carboxylic acids is 1. The molecule has 21 heavy (non-hydrogen) atoms. The summed E-state index contributed by atoms with van der Waals surface area (Å²) in [6.45, 7) is 0. The third kappa shape index (κ3) is 4.81. The van der Waals surface area contributed by atoms with Gasteiger partial charge >= 0.3 is 0 Å². The van der Waals surface area contributed by atoms with Gasteiger partial charge in [-0.15, -0.1) is 0 Å². The average Bonchev–Trinajstić information content (AvgIpc) is 2.66. The summed E-state index contributed by atoms with van der Waals surface area (Å²) in [6, 6.07) is 4.14. The highest BCUT2D eigenvalue weighted by atomic mass is 32.2. The Hall–Kier alpha value is -1.43. The Bertz CT molecular complexity index is 528. The number of rotatable bonds is 4. The summed E-state index contributed by atoms with van der Waals surface area (Å²) in [5.74, 6) is -1.12. The average molecular weight is 312 g/mol. The van der Waals surface area contributed by atoms with Crippen molar-refractivity contribution in [1.82, 2.24) is 5.32 Å². The molecule has 1 aliphatic rings. The van der Waals surface area contributed by atoms with E-state index in [2.05, 4.69) is 5.32 Å². The molecule has 2 rings (SSSR count). The standard InChI is InChI=1S/C15H21FN2O2S/c16-13-9-11(17)7-8-14(13)21(20)10-15(19)18-12-5-3-1-2-4-6-12/h7-9,12H,1-6,10,17H2,(H,18,19). The van der Waals surface area contributed by atoms with Gasteiger partial charge in [0.1, 0.15) is 11.6 Å². The quantitative estimate of drug-likeness (QED) is 0.662. The molecule has 0 heterocycles. The van der Waals surface area contributed by atoms with Crippen LogP contribution in [0, 0.1) is 5.82 Å². The van der Waals surface area contributed by atoms with Crippen molar-refractivity contribution in [1.29, 1.82) is 0 Å². The van der Waals surface area contributed by atoms with Crippen LogP contribution in [-0.2, 0) is 15.6 Å². The largest absolute Gasteiger partial charge is 0.399 e. The summed E-state index contributed by atoms with van der Waals surface area (Å²) in [4.78, 5) is 12.0. The lowest BCUT2D eigenvalue weighted by Crippen LogP contribution is -2.37. The van der Waals surface area contributed by atoms with Crippen molar-refractivity contribution < 1.29 is 13.4 Å². The minimum atomic E-state index is -1.68. The summed E-state index contributed by atoms with van der Waals surface area (Å²) in [5.41, 5.74) is 5.72. The molecule has 0 aliphatic heterocycles. The van der Waals surface area contributed by atoms with Gasteiger partial charge in [-0.2, -0.15) is 0 Å². The number of hydrogen-bond acceptors (Lipinski definition) is 3. The molecule has 0 aromatic heterocycles. The molecular weight excluding hydrogens is 291 g/mol. The van der Waals surface area contributed by atoms with Crippen molar-refractivity contribution in [3.8, 4) is 0 Å². The number of carbonyl (C=O) groups is 1. The molecule has 4 nitrogen and oxygen atoms in total. The van der Waals surface area contributed by atoms with Crippen molar-refractivity contribution in [2.45, 2.75) is 49.5 Å². The zero-order valence-electron chi connectivity index (χ0n) is 11.9. The summed E-state index contributed by atoms with van der Waals surface area (Å²) >= 11 is 0. The van der Waals surface area contributed by atoms with Gasteiger partial charge in [-0.05, 0) is 31.0 Å². The van der Waals surface area contributed by atoms with Gasteiger partial charge < -0.3 is 11.1 Å². The molecule has 0 spiro atoms. The number of halogens is 1. The number of anilines is 1. The van der Waals surface area contributed by atoms with Gasteiger partial charge in [0, 0.05) is 11.7 Å². The summed E-state index contributed by atoms with van der Waals surface area (Å²) in [5, 5.41) is 2.91. The molecule has 1 aromatic rings. The SMILES string of the molecule is Nc1ccc(S(=O)CC(=O)NC2CCCCCC2)c(F)c1. The van der Waals surface area contributed by atoms with Crippen molar-refractivity contribution >= 4 is 22.4 Å². The van der Waals surface area contributed by atoms with Crippen LogP contribution in [0.5, 0.6) is 0 Å². The van der Waals surface area contributed by atoms with Gasteiger partial charge in [-0.25, -0.2) is 4.39 Å². The van der Waals surface area contributed by atoms with E-state index in [0.29, 0.717) is 0 Å². The molecule has 116 valence electrons. The van der Waals surface area contributed by atoms with E-state index in [9.17, 15) is 13.4 Å². The van der Waals surface area contributed by atoms with Crippen LogP contribution in [-0.4, -0.2) is 21.9 Å². The fourth-order valence-electron chi connectivity index (χ4n) is 2.59. The number of benzene rings is 1. The first-order valence-corrected chi connectivity index (χ1v) is 8.61. The maximum absolute atomic E-state index is 13.7. The monoisotopic (exact) mass is 312 g/mol. The molecule has 3 N–H and O–H groups in total. The normalized spacial score (nSPS) is 18.0. The molecule has 6 heteroatoms.